The minimum absolute atomic E-state index is 0.0552. The number of rotatable bonds is 7. The van der Waals surface area contributed by atoms with E-state index in [2.05, 4.69) is 0 Å². The molecule has 23 heavy (non-hydrogen) atoms. The first-order valence-corrected chi connectivity index (χ1v) is 8.58. The van der Waals surface area contributed by atoms with Gasteiger partial charge in [0.05, 0.1) is 16.4 Å². The van der Waals surface area contributed by atoms with Gasteiger partial charge in [-0.05, 0) is 26.8 Å². The zero-order chi connectivity index (χ0) is 17.8. The largest absolute Gasteiger partial charge is 0.342 e. The number of carbonyl (C=O) groups is 1. The number of nitro benzene ring substituents is 1. The van der Waals surface area contributed by atoms with Gasteiger partial charge in [-0.2, -0.15) is 4.31 Å². The molecule has 1 rings (SSSR count). The Morgan fingerprint density at radius 2 is 1.83 bits per heavy atom. The number of sulfonamides is 1. The molecular formula is C14H21N3O5S. The molecule has 0 atom stereocenters. The first-order valence-electron chi connectivity index (χ1n) is 7.14. The van der Waals surface area contributed by atoms with E-state index in [1.807, 2.05) is 0 Å². The summed E-state index contributed by atoms with van der Waals surface area (Å²) in [6.45, 7) is 5.65. The molecule has 0 aliphatic heterocycles. The molecule has 0 fully saturated rings. The van der Waals surface area contributed by atoms with Crippen molar-refractivity contribution in [3.63, 3.8) is 0 Å². The van der Waals surface area contributed by atoms with E-state index in [4.69, 9.17) is 0 Å². The molecule has 9 heteroatoms. The third kappa shape index (κ3) is 4.05. The second-order valence-electron chi connectivity index (χ2n) is 4.98. The number of nitrogens with zero attached hydrogens (tertiary/aromatic N) is 3. The summed E-state index contributed by atoms with van der Waals surface area (Å²) in [6.07, 6.45) is 0. The SMILES string of the molecule is CCN(CC)C(=O)CN(C)S(=O)(=O)c1cccc([N+](=O)[O-])c1C. The average molecular weight is 343 g/mol. The standard InChI is InChI=1S/C14H21N3O5S/c1-5-16(6-2)14(18)10-15(4)23(21,22)13-9-7-8-12(11(13)3)17(19)20/h7-9H,5-6,10H2,1-4H3. The van der Waals surface area contributed by atoms with Gasteiger partial charge in [0.2, 0.25) is 15.9 Å². The number of benzene rings is 1. The molecule has 8 nitrogen and oxygen atoms in total. The van der Waals surface area contributed by atoms with E-state index >= 15 is 0 Å². The van der Waals surface area contributed by atoms with E-state index in [9.17, 15) is 23.3 Å². The first-order chi connectivity index (χ1) is 10.7. The summed E-state index contributed by atoms with van der Waals surface area (Å²) in [7, 11) is -2.70. The predicted octanol–water partition coefficient (Wildman–Crippen LogP) is 1.39. The van der Waals surface area contributed by atoms with Crippen molar-refractivity contribution in [2.45, 2.75) is 25.7 Å². The Morgan fingerprint density at radius 3 is 2.30 bits per heavy atom. The minimum atomic E-state index is -3.99. The quantitative estimate of drug-likeness (QED) is 0.550. The maximum absolute atomic E-state index is 12.6. The third-order valence-electron chi connectivity index (χ3n) is 3.61. The molecule has 128 valence electrons. The normalized spacial score (nSPS) is 11.5. The molecule has 1 aromatic rings. The van der Waals surface area contributed by atoms with Crippen molar-refractivity contribution >= 4 is 21.6 Å². The highest BCUT2D eigenvalue weighted by Gasteiger charge is 2.28. The molecule has 1 aromatic carbocycles. The number of hydrogen-bond acceptors (Lipinski definition) is 5. The lowest BCUT2D eigenvalue weighted by molar-refractivity contribution is -0.385. The number of carbonyl (C=O) groups excluding carboxylic acids is 1. The van der Waals surface area contributed by atoms with Crippen LogP contribution in [0.25, 0.3) is 0 Å². The lowest BCUT2D eigenvalue weighted by Gasteiger charge is -2.23. The van der Waals surface area contributed by atoms with Gasteiger partial charge in [-0.25, -0.2) is 8.42 Å². The zero-order valence-corrected chi connectivity index (χ0v) is 14.5. The fourth-order valence-electron chi connectivity index (χ4n) is 2.20. The molecule has 0 spiro atoms. The van der Waals surface area contributed by atoms with E-state index in [1.54, 1.807) is 13.8 Å². The van der Waals surface area contributed by atoms with Gasteiger partial charge in [-0.1, -0.05) is 6.07 Å². The summed E-state index contributed by atoms with van der Waals surface area (Å²) in [5.74, 6) is -0.316. The summed E-state index contributed by atoms with van der Waals surface area (Å²) >= 11 is 0. The Labute approximate surface area is 135 Å². The molecule has 0 saturated heterocycles. The van der Waals surface area contributed by atoms with Crippen LogP contribution < -0.4 is 0 Å². The van der Waals surface area contributed by atoms with Crippen LogP contribution in [0.15, 0.2) is 23.1 Å². The van der Waals surface area contributed by atoms with Crippen LogP contribution in [-0.2, 0) is 14.8 Å². The fourth-order valence-corrected chi connectivity index (χ4v) is 3.56. The number of hydrogen-bond donors (Lipinski definition) is 0. The Morgan fingerprint density at radius 1 is 1.26 bits per heavy atom. The Hall–Kier alpha value is -2.00. The van der Waals surface area contributed by atoms with Gasteiger partial charge in [0.25, 0.3) is 5.69 Å². The van der Waals surface area contributed by atoms with Gasteiger partial charge in [0.1, 0.15) is 0 Å². The van der Waals surface area contributed by atoms with Crippen LogP contribution in [0.5, 0.6) is 0 Å². The van der Waals surface area contributed by atoms with E-state index in [0.29, 0.717) is 13.1 Å². The van der Waals surface area contributed by atoms with Gasteiger partial charge < -0.3 is 4.90 Å². The Balaban J connectivity index is 3.15. The minimum Gasteiger partial charge on any atom is -0.342 e. The smallest absolute Gasteiger partial charge is 0.273 e. The predicted molar refractivity (Wildman–Crippen MR) is 85.6 cm³/mol. The summed E-state index contributed by atoms with van der Waals surface area (Å²) in [5, 5.41) is 11.0. The topological polar surface area (TPSA) is 101 Å². The lowest BCUT2D eigenvalue weighted by Crippen LogP contribution is -2.41. The zero-order valence-electron chi connectivity index (χ0n) is 13.6. The highest BCUT2D eigenvalue weighted by molar-refractivity contribution is 7.89. The van der Waals surface area contributed by atoms with E-state index < -0.39 is 14.9 Å². The highest BCUT2D eigenvalue weighted by Crippen LogP contribution is 2.26. The molecule has 0 unspecified atom stereocenters. The second-order valence-corrected chi connectivity index (χ2v) is 7.00. The summed E-state index contributed by atoms with van der Waals surface area (Å²) in [5.41, 5.74) is -0.214. The van der Waals surface area contributed by atoms with Crippen molar-refractivity contribution in [2.75, 3.05) is 26.7 Å². The number of amides is 1. The molecule has 0 aliphatic carbocycles. The van der Waals surface area contributed by atoms with Crippen molar-refractivity contribution in [1.29, 1.82) is 0 Å². The molecule has 0 aliphatic rings. The van der Waals surface area contributed by atoms with Crippen LogP contribution in [0, 0.1) is 17.0 Å². The molecule has 0 heterocycles. The average Bonchev–Trinajstić information content (AvgIpc) is 2.47. The second kappa shape index (κ2) is 7.51. The van der Waals surface area contributed by atoms with E-state index in [1.165, 1.54) is 37.1 Å². The molecule has 0 bridgehead atoms. The van der Waals surface area contributed by atoms with Gasteiger partial charge in [0, 0.05) is 31.8 Å². The van der Waals surface area contributed by atoms with Crippen LogP contribution in [0.2, 0.25) is 0 Å². The summed E-state index contributed by atoms with van der Waals surface area (Å²) in [6, 6.07) is 3.86. The first kappa shape index (κ1) is 19.0. The van der Waals surface area contributed by atoms with Crippen molar-refractivity contribution in [3.8, 4) is 0 Å². The van der Waals surface area contributed by atoms with Gasteiger partial charge >= 0.3 is 0 Å². The monoisotopic (exact) mass is 343 g/mol. The van der Waals surface area contributed by atoms with Crippen molar-refractivity contribution in [3.05, 3.63) is 33.9 Å². The van der Waals surface area contributed by atoms with E-state index in [-0.39, 0.29) is 28.6 Å². The van der Waals surface area contributed by atoms with Crippen molar-refractivity contribution in [2.24, 2.45) is 0 Å². The lowest BCUT2D eigenvalue weighted by atomic mass is 10.2. The number of likely N-dealkylation sites (N-methyl/N-ethyl adjacent to an activating group) is 2. The molecule has 1 amide bonds. The molecule has 0 N–H and O–H groups in total. The van der Waals surface area contributed by atoms with Crippen LogP contribution in [0.1, 0.15) is 19.4 Å². The maximum Gasteiger partial charge on any atom is 0.273 e. The molecule has 0 saturated carbocycles. The Kier molecular flexibility index (Phi) is 6.22. The van der Waals surface area contributed by atoms with Crippen molar-refractivity contribution < 1.29 is 18.1 Å². The summed E-state index contributed by atoms with van der Waals surface area (Å²) in [4.78, 5) is 23.7. The van der Waals surface area contributed by atoms with Crippen molar-refractivity contribution in [1.82, 2.24) is 9.21 Å². The number of nitro groups is 1. The fraction of sp³-hybridized carbons (Fsp3) is 0.500. The highest BCUT2D eigenvalue weighted by atomic mass is 32.2. The van der Waals surface area contributed by atoms with Crippen LogP contribution in [0.4, 0.5) is 5.69 Å². The van der Waals surface area contributed by atoms with Crippen LogP contribution in [0.3, 0.4) is 0 Å². The Bertz CT molecular complexity index is 698. The summed E-state index contributed by atoms with van der Waals surface area (Å²) < 4.78 is 26.1. The molecule has 0 aromatic heterocycles. The molecular weight excluding hydrogens is 322 g/mol. The van der Waals surface area contributed by atoms with Gasteiger partial charge in [-0.3, -0.25) is 14.9 Å². The molecule has 0 radical (unpaired) electrons. The van der Waals surface area contributed by atoms with Crippen LogP contribution in [-0.4, -0.2) is 55.1 Å². The van der Waals surface area contributed by atoms with Gasteiger partial charge in [-0.15, -0.1) is 0 Å². The maximum atomic E-state index is 12.6. The third-order valence-corrected chi connectivity index (χ3v) is 5.56. The van der Waals surface area contributed by atoms with E-state index in [0.717, 1.165) is 4.31 Å². The van der Waals surface area contributed by atoms with Gasteiger partial charge in [0.15, 0.2) is 0 Å². The van der Waals surface area contributed by atoms with Crippen LogP contribution >= 0.6 is 0 Å².